The first kappa shape index (κ1) is 27.0. The first-order valence-corrected chi connectivity index (χ1v) is 13.2. The molecule has 0 saturated heterocycles. The lowest BCUT2D eigenvalue weighted by molar-refractivity contribution is -0.147. The van der Waals surface area contributed by atoms with Gasteiger partial charge >= 0.3 is 12.1 Å². The van der Waals surface area contributed by atoms with E-state index in [0.29, 0.717) is 12.8 Å². The van der Waals surface area contributed by atoms with Crippen molar-refractivity contribution < 1.29 is 23.9 Å². The van der Waals surface area contributed by atoms with Crippen LogP contribution in [0.2, 0.25) is 0 Å². The predicted molar refractivity (Wildman–Crippen MR) is 134 cm³/mol. The third-order valence-electron chi connectivity index (χ3n) is 6.99. The number of esters is 1. The van der Waals surface area contributed by atoms with Crippen molar-refractivity contribution in [2.75, 3.05) is 0 Å². The highest BCUT2D eigenvalue weighted by atomic mass is 16.6. The van der Waals surface area contributed by atoms with Crippen molar-refractivity contribution in [3.8, 4) is 0 Å². The van der Waals surface area contributed by atoms with Gasteiger partial charge in [0.05, 0.1) is 6.42 Å². The zero-order valence-electron chi connectivity index (χ0n) is 21.5. The number of ether oxygens (including phenoxy) is 2. The van der Waals surface area contributed by atoms with E-state index in [0.717, 1.165) is 56.9 Å². The van der Waals surface area contributed by atoms with Gasteiger partial charge in [0.15, 0.2) is 0 Å². The summed E-state index contributed by atoms with van der Waals surface area (Å²) in [6, 6.07) is 9.59. The first-order valence-electron chi connectivity index (χ1n) is 13.2. The second-order valence-corrected chi connectivity index (χ2v) is 11.1. The molecule has 2 amide bonds. The zero-order valence-corrected chi connectivity index (χ0v) is 21.5. The summed E-state index contributed by atoms with van der Waals surface area (Å²) < 4.78 is 10.9. The van der Waals surface area contributed by atoms with E-state index in [-0.39, 0.29) is 42.4 Å². The summed E-state index contributed by atoms with van der Waals surface area (Å²) in [5.41, 5.74) is 0.417. The summed E-state index contributed by atoms with van der Waals surface area (Å²) in [6.07, 6.45) is 8.05. The van der Waals surface area contributed by atoms with E-state index >= 15 is 0 Å². The standard InChI is InChI=1S/C28H42N2O5/c1-28(2,3)35-27(33)30-24-16-10-7-13-21(24)17-25(31)29-23-15-9-8-14-22(23)18-26(32)34-19-20-11-5-4-6-12-20/h4-6,11-12,21-24H,7-10,13-19H2,1-3H3,(H,29,31)(H,30,33). The molecule has 4 atom stereocenters. The minimum absolute atomic E-state index is 0.00226. The number of hydrogen-bond donors (Lipinski definition) is 2. The van der Waals surface area contributed by atoms with Crippen molar-refractivity contribution in [3.63, 3.8) is 0 Å². The van der Waals surface area contributed by atoms with Crippen LogP contribution in [0.3, 0.4) is 0 Å². The van der Waals surface area contributed by atoms with E-state index in [1.807, 2.05) is 51.1 Å². The average Bonchev–Trinajstić information content (AvgIpc) is 2.80. The van der Waals surface area contributed by atoms with Gasteiger partial charge < -0.3 is 20.1 Å². The van der Waals surface area contributed by atoms with Crippen LogP contribution >= 0.6 is 0 Å². The van der Waals surface area contributed by atoms with Gasteiger partial charge in [-0.1, -0.05) is 56.0 Å². The number of carbonyl (C=O) groups excluding carboxylic acids is 3. The fourth-order valence-electron chi connectivity index (χ4n) is 5.26. The number of carbonyl (C=O) groups is 3. The Bertz CT molecular complexity index is 835. The molecule has 0 bridgehead atoms. The number of alkyl carbamates (subject to hydrolysis) is 1. The third kappa shape index (κ3) is 9.54. The number of amides is 2. The molecule has 3 rings (SSSR count). The molecule has 4 unspecified atom stereocenters. The van der Waals surface area contributed by atoms with Crippen molar-refractivity contribution in [2.45, 2.75) is 109 Å². The average molecular weight is 487 g/mol. The summed E-state index contributed by atoms with van der Waals surface area (Å²) in [7, 11) is 0. The van der Waals surface area contributed by atoms with Gasteiger partial charge in [-0.3, -0.25) is 9.59 Å². The van der Waals surface area contributed by atoms with Gasteiger partial charge in [-0.25, -0.2) is 4.79 Å². The molecular formula is C28H42N2O5. The molecule has 2 fully saturated rings. The summed E-state index contributed by atoms with van der Waals surface area (Å²) in [4.78, 5) is 37.8. The molecule has 35 heavy (non-hydrogen) atoms. The van der Waals surface area contributed by atoms with Gasteiger partial charge in [0.25, 0.3) is 0 Å². The maximum Gasteiger partial charge on any atom is 0.407 e. The molecule has 0 aromatic heterocycles. The molecule has 1 aromatic rings. The van der Waals surface area contributed by atoms with E-state index in [9.17, 15) is 14.4 Å². The lowest BCUT2D eigenvalue weighted by atomic mass is 9.80. The van der Waals surface area contributed by atoms with Crippen molar-refractivity contribution in [2.24, 2.45) is 11.8 Å². The second kappa shape index (κ2) is 12.9. The Morgan fingerprint density at radius 2 is 1.40 bits per heavy atom. The van der Waals surface area contributed by atoms with Crippen LogP contribution in [0, 0.1) is 11.8 Å². The third-order valence-corrected chi connectivity index (χ3v) is 6.99. The maximum absolute atomic E-state index is 13.0. The van der Waals surface area contributed by atoms with Crippen LogP contribution in [0.25, 0.3) is 0 Å². The molecule has 0 heterocycles. The molecule has 7 heteroatoms. The number of benzene rings is 1. The predicted octanol–water partition coefficient (Wildman–Crippen LogP) is 5.27. The molecule has 1 aromatic carbocycles. The normalized spacial score (nSPS) is 24.8. The summed E-state index contributed by atoms with van der Waals surface area (Å²) >= 11 is 0. The maximum atomic E-state index is 13.0. The van der Waals surface area contributed by atoms with E-state index in [1.165, 1.54) is 0 Å². The molecule has 2 saturated carbocycles. The van der Waals surface area contributed by atoms with Crippen LogP contribution in [0.1, 0.15) is 90.5 Å². The van der Waals surface area contributed by atoms with E-state index in [2.05, 4.69) is 10.6 Å². The van der Waals surface area contributed by atoms with Gasteiger partial charge in [-0.2, -0.15) is 0 Å². The molecule has 2 aliphatic carbocycles. The Balaban J connectivity index is 1.48. The Morgan fingerprint density at radius 3 is 2.03 bits per heavy atom. The zero-order chi connectivity index (χ0) is 25.3. The monoisotopic (exact) mass is 486 g/mol. The lowest BCUT2D eigenvalue weighted by Gasteiger charge is -2.34. The molecule has 2 aliphatic rings. The van der Waals surface area contributed by atoms with E-state index in [4.69, 9.17) is 9.47 Å². The lowest BCUT2D eigenvalue weighted by Crippen LogP contribution is -2.47. The van der Waals surface area contributed by atoms with Crippen LogP contribution in [-0.2, 0) is 25.7 Å². The highest BCUT2D eigenvalue weighted by Gasteiger charge is 2.33. The minimum Gasteiger partial charge on any atom is -0.461 e. The van der Waals surface area contributed by atoms with Crippen LogP contribution in [0.4, 0.5) is 4.79 Å². The highest BCUT2D eigenvalue weighted by Crippen LogP contribution is 2.30. The Labute approximate surface area is 209 Å². The van der Waals surface area contributed by atoms with Gasteiger partial charge in [0, 0.05) is 18.5 Å². The van der Waals surface area contributed by atoms with Gasteiger partial charge in [0.2, 0.25) is 5.91 Å². The Kier molecular flexibility index (Phi) is 9.99. The van der Waals surface area contributed by atoms with E-state index < -0.39 is 11.7 Å². The smallest absolute Gasteiger partial charge is 0.407 e. The van der Waals surface area contributed by atoms with Crippen molar-refractivity contribution in [1.82, 2.24) is 10.6 Å². The molecule has 0 aliphatic heterocycles. The van der Waals surface area contributed by atoms with Crippen molar-refractivity contribution >= 4 is 18.0 Å². The van der Waals surface area contributed by atoms with E-state index in [1.54, 1.807) is 0 Å². The quantitative estimate of drug-likeness (QED) is 0.488. The largest absolute Gasteiger partial charge is 0.461 e. The molecule has 0 spiro atoms. The van der Waals surface area contributed by atoms with Gasteiger partial charge in [0.1, 0.15) is 12.2 Å². The molecule has 194 valence electrons. The van der Waals surface area contributed by atoms with Gasteiger partial charge in [-0.05, 0) is 63.9 Å². The summed E-state index contributed by atoms with van der Waals surface area (Å²) in [5.74, 6) is -0.0245. The summed E-state index contributed by atoms with van der Waals surface area (Å²) in [5, 5.41) is 6.21. The van der Waals surface area contributed by atoms with Crippen LogP contribution in [0.15, 0.2) is 30.3 Å². The minimum atomic E-state index is -0.552. The number of rotatable bonds is 8. The Hall–Kier alpha value is -2.57. The fraction of sp³-hybridized carbons (Fsp3) is 0.679. The Morgan fingerprint density at radius 1 is 0.829 bits per heavy atom. The van der Waals surface area contributed by atoms with Crippen LogP contribution in [0.5, 0.6) is 0 Å². The summed E-state index contributed by atoms with van der Waals surface area (Å²) in [6.45, 7) is 5.81. The SMILES string of the molecule is CC(C)(C)OC(=O)NC1CCCCC1CC(=O)NC1CCCCC1CC(=O)OCc1ccccc1. The number of nitrogens with one attached hydrogen (secondary N) is 2. The van der Waals surface area contributed by atoms with Crippen LogP contribution in [-0.4, -0.2) is 35.7 Å². The molecular weight excluding hydrogens is 444 g/mol. The highest BCUT2D eigenvalue weighted by molar-refractivity contribution is 5.77. The second-order valence-electron chi connectivity index (χ2n) is 11.1. The van der Waals surface area contributed by atoms with Gasteiger partial charge in [-0.15, -0.1) is 0 Å². The van der Waals surface area contributed by atoms with Crippen LogP contribution < -0.4 is 10.6 Å². The van der Waals surface area contributed by atoms with Crippen molar-refractivity contribution in [3.05, 3.63) is 35.9 Å². The first-order chi connectivity index (χ1) is 16.7. The molecule has 2 N–H and O–H groups in total. The fourth-order valence-corrected chi connectivity index (χ4v) is 5.26. The molecule has 7 nitrogen and oxygen atoms in total. The molecule has 0 radical (unpaired) electrons. The van der Waals surface area contributed by atoms with Crippen molar-refractivity contribution in [1.29, 1.82) is 0 Å². The number of hydrogen-bond acceptors (Lipinski definition) is 5. The topological polar surface area (TPSA) is 93.7 Å².